The normalized spacial score (nSPS) is 11.6. The van der Waals surface area contributed by atoms with Crippen molar-refractivity contribution in [3.05, 3.63) is 64.8 Å². The minimum absolute atomic E-state index is 0.297. The molecule has 5 nitrogen and oxygen atoms in total. The van der Waals surface area contributed by atoms with Crippen LogP contribution < -0.4 is 9.46 Å². The van der Waals surface area contributed by atoms with E-state index in [4.69, 9.17) is 10.00 Å². The molecule has 0 heterocycles. The molecular weight excluding hydrogens is 319 g/mol. The molecule has 0 aliphatic carbocycles. The summed E-state index contributed by atoms with van der Waals surface area (Å²) in [5.74, 6) is 0.134. The molecule has 2 aromatic carbocycles. The summed E-state index contributed by atoms with van der Waals surface area (Å²) in [6, 6.07) is 13.0. The van der Waals surface area contributed by atoms with Crippen molar-refractivity contribution in [1.29, 1.82) is 5.26 Å². The van der Waals surface area contributed by atoms with E-state index in [0.29, 0.717) is 17.0 Å². The lowest BCUT2D eigenvalue weighted by Gasteiger charge is -2.08. The second-order valence-electron chi connectivity index (χ2n) is 4.51. The highest BCUT2D eigenvalue weighted by Crippen LogP contribution is 2.19. The van der Waals surface area contributed by atoms with Gasteiger partial charge in [-0.1, -0.05) is 12.1 Å². The SMILES string of the molecule is COc1ccc(NS(=O)(=O)C(C#N)=Cc2ccc(F)cc2)cc1. The number of hydrogen-bond acceptors (Lipinski definition) is 4. The molecule has 0 saturated heterocycles. The van der Waals surface area contributed by atoms with Gasteiger partial charge in [-0.05, 0) is 48.0 Å². The molecule has 0 atom stereocenters. The van der Waals surface area contributed by atoms with E-state index in [-0.39, 0.29) is 0 Å². The van der Waals surface area contributed by atoms with Gasteiger partial charge in [0.1, 0.15) is 17.6 Å². The standard InChI is InChI=1S/C16H13FN2O3S/c1-22-15-8-6-14(7-9-15)19-23(20,21)16(11-18)10-12-2-4-13(17)5-3-12/h2-10,19H,1H3. The van der Waals surface area contributed by atoms with Gasteiger partial charge < -0.3 is 4.74 Å². The smallest absolute Gasteiger partial charge is 0.272 e. The number of ether oxygens (including phenoxy) is 1. The third kappa shape index (κ3) is 4.31. The van der Waals surface area contributed by atoms with Crippen LogP contribution in [0.4, 0.5) is 10.1 Å². The van der Waals surface area contributed by atoms with Gasteiger partial charge in [-0.3, -0.25) is 4.72 Å². The fourth-order valence-corrected chi connectivity index (χ4v) is 2.72. The van der Waals surface area contributed by atoms with Crippen LogP contribution in [0.25, 0.3) is 6.08 Å². The molecule has 0 aliphatic heterocycles. The van der Waals surface area contributed by atoms with E-state index in [0.717, 1.165) is 0 Å². The Morgan fingerprint density at radius 1 is 1.17 bits per heavy atom. The zero-order valence-electron chi connectivity index (χ0n) is 12.2. The molecule has 0 bridgehead atoms. The molecule has 118 valence electrons. The van der Waals surface area contributed by atoms with Gasteiger partial charge in [0.15, 0.2) is 4.91 Å². The van der Waals surface area contributed by atoms with E-state index < -0.39 is 20.7 Å². The van der Waals surface area contributed by atoms with Crippen LogP contribution in [-0.2, 0) is 10.0 Å². The first kappa shape index (κ1) is 16.5. The molecule has 0 radical (unpaired) electrons. The Hall–Kier alpha value is -2.85. The average molecular weight is 332 g/mol. The van der Waals surface area contributed by atoms with Crippen LogP contribution >= 0.6 is 0 Å². The minimum Gasteiger partial charge on any atom is -0.497 e. The number of sulfonamides is 1. The van der Waals surface area contributed by atoms with Gasteiger partial charge in [0, 0.05) is 5.69 Å². The molecule has 0 aliphatic rings. The van der Waals surface area contributed by atoms with Crippen molar-refractivity contribution in [3.8, 4) is 11.8 Å². The lowest BCUT2D eigenvalue weighted by molar-refractivity contribution is 0.415. The van der Waals surface area contributed by atoms with Gasteiger partial charge in [-0.25, -0.2) is 12.8 Å². The largest absolute Gasteiger partial charge is 0.497 e. The predicted molar refractivity (Wildman–Crippen MR) is 85.5 cm³/mol. The summed E-state index contributed by atoms with van der Waals surface area (Å²) < 4.78 is 44.7. The van der Waals surface area contributed by atoms with Gasteiger partial charge >= 0.3 is 0 Å². The maximum atomic E-state index is 12.9. The van der Waals surface area contributed by atoms with Crippen molar-refractivity contribution >= 4 is 21.8 Å². The van der Waals surface area contributed by atoms with Crippen molar-refractivity contribution in [2.45, 2.75) is 0 Å². The van der Waals surface area contributed by atoms with Crippen LogP contribution in [-0.4, -0.2) is 15.5 Å². The van der Waals surface area contributed by atoms with Crippen molar-refractivity contribution in [2.24, 2.45) is 0 Å². The fraction of sp³-hybridized carbons (Fsp3) is 0.0625. The van der Waals surface area contributed by atoms with Crippen LogP contribution in [0.1, 0.15) is 5.56 Å². The molecule has 2 aromatic rings. The second kappa shape index (κ2) is 6.94. The molecule has 0 amide bonds. The number of allylic oxidation sites excluding steroid dienone is 1. The van der Waals surface area contributed by atoms with Gasteiger partial charge in [0.25, 0.3) is 10.0 Å². The maximum Gasteiger partial charge on any atom is 0.272 e. The zero-order chi connectivity index (χ0) is 16.9. The number of rotatable bonds is 5. The topological polar surface area (TPSA) is 79.2 Å². The highest BCUT2D eigenvalue weighted by Gasteiger charge is 2.17. The molecule has 2 rings (SSSR count). The van der Waals surface area contributed by atoms with Gasteiger partial charge in [0.2, 0.25) is 0 Å². The second-order valence-corrected chi connectivity index (χ2v) is 6.16. The molecule has 0 aromatic heterocycles. The molecule has 0 unspecified atom stereocenters. The van der Waals surface area contributed by atoms with E-state index in [1.165, 1.54) is 49.6 Å². The summed E-state index contributed by atoms with van der Waals surface area (Å²) in [5.41, 5.74) is 0.703. The van der Waals surface area contributed by atoms with Gasteiger partial charge in [0.05, 0.1) is 7.11 Å². The predicted octanol–water partition coefficient (Wildman–Crippen LogP) is 3.14. The van der Waals surface area contributed by atoms with E-state index in [1.807, 2.05) is 0 Å². The summed E-state index contributed by atoms with van der Waals surface area (Å²) >= 11 is 0. The van der Waals surface area contributed by atoms with E-state index in [9.17, 15) is 12.8 Å². The number of benzene rings is 2. The third-order valence-electron chi connectivity index (χ3n) is 2.91. The lowest BCUT2D eigenvalue weighted by atomic mass is 10.2. The molecule has 0 fully saturated rings. The van der Waals surface area contributed by atoms with Crippen molar-refractivity contribution in [1.82, 2.24) is 0 Å². The zero-order valence-corrected chi connectivity index (χ0v) is 13.0. The van der Waals surface area contributed by atoms with Crippen molar-refractivity contribution in [2.75, 3.05) is 11.8 Å². The summed E-state index contributed by atoms with van der Waals surface area (Å²) in [6.45, 7) is 0. The van der Waals surface area contributed by atoms with Crippen LogP contribution in [0.2, 0.25) is 0 Å². The number of anilines is 1. The van der Waals surface area contributed by atoms with Crippen LogP contribution in [0.15, 0.2) is 53.4 Å². The van der Waals surface area contributed by atoms with E-state index >= 15 is 0 Å². The number of nitrogens with one attached hydrogen (secondary N) is 1. The first-order chi connectivity index (χ1) is 10.9. The summed E-state index contributed by atoms with van der Waals surface area (Å²) in [6.07, 6.45) is 1.17. The number of halogens is 1. The fourth-order valence-electron chi connectivity index (χ4n) is 1.75. The lowest BCUT2D eigenvalue weighted by Crippen LogP contribution is -2.14. The highest BCUT2D eigenvalue weighted by molar-refractivity contribution is 7.96. The number of nitriles is 1. The summed E-state index contributed by atoms with van der Waals surface area (Å²) in [7, 11) is -2.54. The van der Waals surface area contributed by atoms with Crippen molar-refractivity contribution < 1.29 is 17.5 Å². The molecular formula is C16H13FN2O3S. The summed E-state index contributed by atoms with van der Waals surface area (Å²) in [5, 5.41) is 9.11. The van der Waals surface area contributed by atoms with Gasteiger partial charge in [-0.15, -0.1) is 0 Å². The first-order valence-corrected chi connectivity index (χ1v) is 7.97. The Morgan fingerprint density at radius 2 is 1.78 bits per heavy atom. The number of methoxy groups -OCH3 is 1. The Bertz CT molecular complexity index is 852. The van der Waals surface area contributed by atoms with E-state index in [2.05, 4.69) is 4.72 Å². The maximum absolute atomic E-state index is 12.9. The van der Waals surface area contributed by atoms with Crippen LogP contribution in [0, 0.1) is 17.1 Å². The van der Waals surface area contributed by atoms with Gasteiger partial charge in [-0.2, -0.15) is 5.26 Å². The molecule has 7 heteroatoms. The van der Waals surface area contributed by atoms with Crippen molar-refractivity contribution in [3.63, 3.8) is 0 Å². The monoisotopic (exact) mass is 332 g/mol. The van der Waals surface area contributed by atoms with Crippen LogP contribution in [0.3, 0.4) is 0 Å². The molecule has 0 spiro atoms. The molecule has 1 N–H and O–H groups in total. The average Bonchev–Trinajstić information content (AvgIpc) is 2.54. The molecule has 0 saturated carbocycles. The highest BCUT2D eigenvalue weighted by atomic mass is 32.2. The molecule has 23 heavy (non-hydrogen) atoms. The Balaban J connectivity index is 2.28. The summed E-state index contributed by atoms with van der Waals surface area (Å²) in [4.78, 5) is -0.472. The third-order valence-corrected chi connectivity index (χ3v) is 4.20. The minimum atomic E-state index is -4.04. The van der Waals surface area contributed by atoms with E-state index in [1.54, 1.807) is 18.2 Å². The quantitative estimate of drug-likeness (QED) is 0.853. The first-order valence-electron chi connectivity index (χ1n) is 6.49. The number of nitrogens with zero attached hydrogens (tertiary/aromatic N) is 1. The number of hydrogen-bond donors (Lipinski definition) is 1. The Morgan fingerprint density at radius 3 is 2.30 bits per heavy atom. The van der Waals surface area contributed by atoms with Crippen LogP contribution in [0.5, 0.6) is 5.75 Å². The Kier molecular flexibility index (Phi) is 4.98. The Labute approximate surface area is 133 Å².